The van der Waals surface area contributed by atoms with E-state index in [1.54, 1.807) is 5.38 Å². The highest BCUT2D eigenvalue weighted by Crippen LogP contribution is 2.34. The van der Waals surface area contributed by atoms with Gasteiger partial charge in [0.15, 0.2) is 0 Å². The van der Waals surface area contributed by atoms with Gasteiger partial charge >= 0.3 is 0 Å². The zero-order valence-corrected chi connectivity index (χ0v) is 20.8. The monoisotopic (exact) mass is 481 g/mol. The predicted molar refractivity (Wildman–Crippen MR) is 130 cm³/mol. The minimum Gasteiger partial charge on any atom is -0.351 e. The average Bonchev–Trinajstić information content (AvgIpc) is 3.32. The minimum absolute atomic E-state index is 0.0409. The van der Waals surface area contributed by atoms with E-state index in [1.807, 2.05) is 26.0 Å². The van der Waals surface area contributed by atoms with E-state index in [0.717, 1.165) is 16.0 Å². The van der Waals surface area contributed by atoms with Gasteiger partial charge in [-0.15, -0.1) is 11.3 Å². The molecule has 1 saturated heterocycles. The Morgan fingerprint density at radius 1 is 1.12 bits per heavy atom. The number of hydrogen-bond donors (Lipinski definition) is 2. The third-order valence-electron chi connectivity index (χ3n) is 6.72. The Morgan fingerprint density at radius 2 is 1.79 bits per heavy atom. The fourth-order valence-corrected chi connectivity index (χ4v) is 5.73. The van der Waals surface area contributed by atoms with E-state index in [1.165, 1.54) is 21.8 Å². The highest BCUT2D eigenvalue weighted by Gasteiger charge is 2.40. The number of nitrogens with one attached hydrogen (secondary N) is 2. The van der Waals surface area contributed by atoms with Crippen LogP contribution < -0.4 is 10.6 Å². The van der Waals surface area contributed by atoms with Gasteiger partial charge in [-0.2, -0.15) is 0 Å². The number of amides is 4. The van der Waals surface area contributed by atoms with Crippen LogP contribution in [0.1, 0.15) is 84.3 Å². The summed E-state index contributed by atoms with van der Waals surface area (Å²) in [7, 11) is 0. The first-order valence-corrected chi connectivity index (χ1v) is 12.7. The van der Waals surface area contributed by atoms with Gasteiger partial charge in [0.1, 0.15) is 6.04 Å². The lowest BCUT2D eigenvalue weighted by Gasteiger charge is -2.29. The molecule has 0 bridgehead atoms. The molecule has 4 rings (SSSR count). The Labute approximate surface area is 203 Å². The molecular formula is C26H31N3O4S. The standard InChI is InChI=1S/C26H31N3O4S/c1-14(2)16-5-7-17(8-6-16)23(15(3)4)25(32)27-11-21-18-12-29(26(33)19(18)13-34-21)20-9-10-22(30)28-24(20)31/h5-8,13-15,20,23H,9-12H2,1-4H3,(H,27,32)(H,28,30,31). The molecule has 2 atom stereocenters. The van der Waals surface area contributed by atoms with Gasteiger partial charge in [-0.05, 0) is 34.9 Å². The number of benzene rings is 1. The van der Waals surface area contributed by atoms with E-state index in [-0.39, 0.29) is 36.0 Å². The first-order chi connectivity index (χ1) is 16.2. The second-order valence-electron chi connectivity index (χ2n) is 9.71. The van der Waals surface area contributed by atoms with Crippen LogP contribution in [-0.2, 0) is 27.5 Å². The van der Waals surface area contributed by atoms with Crippen molar-refractivity contribution < 1.29 is 19.2 Å². The molecule has 3 heterocycles. The normalized spacial score (nSPS) is 18.9. The number of imide groups is 1. The van der Waals surface area contributed by atoms with Crippen LogP contribution in [0.3, 0.4) is 0 Å². The Balaban J connectivity index is 1.44. The number of carbonyl (C=O) groups is 4. The molecule has 1 fully saturated rings. The van der Waals surface area contributed by atoms with Crippen molar-refractivity contribution in [2.24, 2.45) is 5.92 Å². The van der Waals surface area contributed by atoms with Gasteiger partial charge in [-0.3, -0.25) is 24.5 Å². The lowest BCUT2D eigenvalue weighted by Crippen LogP contribution is -2.52. The zero-order valence-electron chi connectivity index (χ0n) is 20.0. The van der Waals surface area contributed by atoms with Gasteiger partial charge < -0.3 is 10.2 Å². The number of carbonyl (C=O) groups excluding carboxylic acids is 4. The summed E-state index contributed by atoms with van der Waals surface area (Å²) in [6.07, 6.45) is 0.562. The van der Waals surface area contributed by atoms with E-state index in [2.05, 4.69) is 36.6 Å². The van der Waals surface area contributed by atoms with Gasteiger partial charge in [-0.25, -0.2) is 0 Å². The number of rotatable bonds is 7. The van der Waals surface area contributed by atoms with Crippen LogP contribution in [0.2, 0.25) is 0 Å². The lowest BCUT2D eigenvalue weighted by molar-refractivity contribution is -0.137. The second kappa shape index (κ2) is 9.70. The molecule has 0 aliphatic carbocycles. The van der Waals surface area contributed by atoms with E-state index in [9.17, 15) is 19.2 Å². The van der Waals surface area contributed by atoms with Crippen molar-refractivity contribution in [3.8, 4) is 0 Å². The number of nitrogens with zero attached hydrogens (tertiary/aromatic N) is 1. The summed E-state index contributed by atoms with van der Waals surface area (Å²) in [5, 5.41) is 7.20. The fraction of sp³-hybridized carbons (Fsp3) is 0.462. The Morgan fingerprint density at radius 3 is 2.41 bits per heavy atom. The molecule has 0 spiro atoms. The topological polar surface area (TPSA) is 95.6 Å². The van der Waals surface area contributed by atoms with Crippen LogP contribution in [0.4, 0.5) is 0 Å². The Bertz CT molecular complexity index is 1120. The van der Waals surface area contributed by atoms with Crippen LogP contribution >= 0.6 is 11.3 Å². The molecule has 180 valence electrons. The third kappa shape index (κ3) is 4.64. The molecule has 2 unspecified atom stereocenters. The van der Waals surface area contributed by atoms with Crippen molar-refractivity contribution in [2.75, 3.05) is 0 Å². The molecule has 7 nitrogen and oxygen atoms in total. The molecule has 2 aromatic rings. The maximum atomic E-state index is 13.2. The highest BCUT2D eigenvalue weighted by molar-refractivity contribution is 7.10. The summed E-state index contributed by atoms with van der Waals surface area (Å²) in [4.78, 5) is 52.3. The second-order valence-corrected chi connectivity index (χ2v) is 10.7. The molecule has 0 saturated carbocycles. The van der Waals surface area contributed by atoms with Gasteiger partial charge in [0.2, 0.25) is 17.7 Å². The minimum atomic E-state index is -0.635. The number of thiophene rings is 1. The van der Waals surface area contributed by atoms with Crippen LogP contribution in [0.5, 0.6) is 0 Å². The van der Waals surface area contributed by atoms with Crippen molar-refractivity contribution in [1.82, 2.24) is 15.5 Å². The Hall–Kier alpha value is -3.00. The van der Waals surface area contributed by atoms with Crippen molar-refractivity contribution in [3.05, 3.63) is 56.8 Å². The predicted octanol–water partition coefficient (Wildman–Crippen LogP) is 3.69. The molecule has 0 radical (unpaired) electrons. The molecule has 2 aliphatic rings. The maximum Gasteiger partial charge on any atom is 0.256 e. The molecule has 2 aliphatic heterocycles. The van der Waals surface area contributed by atoms with E-state index in [0.29, 0.717) is 31.0 Å². The first-order valence-electron chi connectivity index (χ1n) is 11.8. The number of fused-ring (bicyclic) bond motifs is 1. The van der Waals surface area contributed by atoms with Crippen LogP contribution in [0.15, 0.2) is 29.6 Å². The summed E-state index contributed by atoms with van der Waals surface area (Å²) in [6.45, 7) is 9.03. The summed E-state index contributed by atoms with van der Waals surface area (Å²) in [5.74, 6) is -0.659. The van der Waals surface area contributed by atoms with Crippen molar-refractivity contribution in [1.29, 1.82) is 0 Å². The van der Waals surface area contributed by atoms with Gasteiger partial charge in [0, 0.05) is 23.2 Å². The molecule has 2 N–H and O–H groups in total. The summed E-state index contributed by atoms with van der Waals surface area (Å²) in [6, 6.07) is 7.62. The van der Waals surface area contributed by atoms with Crippen molar-refractivity contribution in [3.63, 3.8) is 0 Å². The summed E-state index contributed by atoms with van der Waals surface area (Å²) in [5.41, 5.74) is 3.68. The van der Waals surface area contributed by atoms with Crippen molar-refractivity contribution >= 4 is 35.0 Å². The van der Waals surface area contributed by atoms with E-state index < -0.39 is 11.9 Å². The first kappa shape index (κ1) is 24.1. The van der Waals surface area contributed by atoms with Gasteiger partial charge in [0.05, 0.1) is 18.0 Å². The maximum absolute atomic E-state index is 13.2. The molecule has 4 amide bonds. The van der Waals surface area contributed by atoms with Crippen LogP contribution in [-0.4, -0.2) is 34.6 Å². The van der Waals surface area contributed by atoms with Crippen LogP contribution in [0, 0.1) is 5.92 Å². The largest absolute Gasteiger partial charge is 0.351 e. The van der Waals surface area contributed by atoms with Gasteiger partial charge in [0.25, 0.3) is 5.91 Å². The SMILES string of the molecule is CC(C)c1ccc(C(C(=O)NCc2scc3c2CN(C2CCC(=O)NC2=O)C3=O)C(C)C)cc1. The molecule has 1 aromatic carbocycles. The molecule has 8 heteroatoms. The summed E-state index contributed by atoms with van der Waals surface area (Å²) >= 11 is 1.45. The lowest BCUT2D eigenvalue weighted by atomic mass is 9.86. The molecule has 34 heavy (non-hydrogen) atoms. The average molecular weight is 482 g/mol. The van der Waals surface area contributed by atoms with Gasteiger partial charge in [-0.1, -0.05) is 52.0 Å². The van der Waals surface area contributed by atoms with Crippen molar-refractivity contribution in [2.45, 2.75) is 71.5 Å². The molecular weight excluding hydrogens is 450 g/mol. The smallest absolute Gasteiger partial charge is 0.256 e. The molecule has 1 aromatic heterocycles. The summed E-state index contributed by atoms with van der Waals surface area (Å²) < 4.78 is 0. The third-order valence-corrected chi connectivity index (χ3v) is 7.75. The van der Waals surface area contributed by atoms with E-state index in [4.69, 9.17) is 0 Å². The van der Waals surface area contributed by atoms with E-state index >= 15 is 0 Å². The fourth-order valence-electron chi connectivity index (χ4n) is 4.76. The number of piperidine rings is 1. The zero-order chi connectivity index (χ0) is 24.6. The van der Waals surface area contributed by atoms with Crippen LogP contribution in [0.25, 0.3) is 0 Å². The number of hydrogen-bond acceptors (Lipinski definition) is 5. The quantitative estimate of drug-likeness (QED) is 0.590. The highest BCUT2D eigenvalue weighted by atomic mass is 32.1. The Kier molecular flexibility index (Phi) is 6.89.